The molecule has 0 radical (unpaired) electrons. The van der Waals surface area contributed by atoms with Crippen LogP contribution in [-0.2, 0) is 9.84 Å². The number of carbonyl (C=O) groups excluding carboxylic acids is 1. The van der Waals surface area contributed by atoms with Gasteiger partial charge in [-0.2, -0.15) is 0 Å². The van der Waals surface area contributed by atoms with Crippen LogP contribution in [0.3, 0.4) is 0 Å². The van der Waals surface area contributed by atoms with E-state index < -0.39 is 26.7 Å². The second-order valence-electron chi connectivity index (χ2n) is 5.91. The topological polar surface area (TPSA) is 111 Å². The summed E-state index contributed by atoms with van der Waals surface area (Å²) in [5, 5.41) is 11.1. The molecule has 2 heterocycles. The number of amides is 1. The van der Waals surface area contributed by atoms with E-state index in [9.17, 15) is 23.3 Å². The molecule has 0 aliphatic carbocycles. The zero-order valence-electron chi connectivity index (χ0n) is 13.4. The van der Waals surface area contributed by atoms with Crippen LogP contribution in [0.4, 0.5) is 5.69 Å². The first-order valence-corrected chi connectivity index (χ1v) is 9.42. The molecule has 0 N–H and O–H groups in total. The van der Waals surface area contributed by atoms with Crippen molar-refractivity contribution in [1.29, 1.82) is 0 Å². The maximum Gasteiger partial charge on any atom is 0.289 e. The highest BCUT2D eigenvalue weighted by atomic mass is 32.2. The van der Waals surface area contributed by atoms with E-state index in [0.29, 0.717) is 6.42 Å². The molecule has 0 spiro atoms. The molecule has 0 bridgehead atoms. The van der Waals surface area contributed by atoms with Gasteiger partial charge in [-0.25, -0.2) is 8.42 Å². The lowest BCUT2D eigenvalue weighted by Gasteiger charge is -2.22. The molecule has 132 valence electrons. The van der Waals surface area contributed by atoms with Crippen molar-refractivity contribution in [1.82, 2.24) is 4.90 Å². The molecule has 1 atom stereocenters. The molecular weight excluding hydrogens is 348 g/mol. The smallest absolute Gasteiger partial charge is 0.289 e. The quantitative estimate of drug-likeness (QED) is 0.607. The molecule has 8 nitrogen and oxygen atoms in total. The summed E-state index contributed by atoms with van der Waals surface area (Å²) < 4.78 is 28.6. The van der Waals surface area contributed by atoms with Crippen molar-refractivity contribution in [2.24, 2.45) is 0 Å². The SMILES string of the molecule is CN(C(=O)c1ccc(-c2ccccc2[N+](=O)[O-])o1)[C@H]1CCS(=O)(=O)C1. The number of hydrogen-bond donors (Lipinski definition) is 0. The molecule has 3 rings (SSSR count). The Labute approximate surface area is 144 Å². The summed E-state index contributed by atoms with van der Waals surface area (Å²) in [5.41, 5.74) is 0.156. The summed E-state index contributed by atoms with van der Waals surface area (Å²) in [4.78, 5) is 24.5. The number of para-hydroxylation sites is 1. The van der Waals surface area contributed by atoms with E-state index >= 15 is 0 Å². The number of hydrogen-bond acceptors (Lipinski definition) is 6. The van der Waals surface area contributed by atoms with Gasteiger partial charge in [0.2, 0.25) is 0 Å². The van der Waals surface area contributed by atoms with Gasteiger partial charge < -0.3 is 9.32 Å². The third-order valence-corrected chi connectivity index (χ3v) is 6.01. The normalized spacial score (nSPS) is 18.8. The van der Waals surface area contributed by atoms with E-state index in [1.807, 2.05) is 0 Å². The second-order valence-corrected chi connectivity index (χ2v) is 8.14. The molecule has 2 aromatic rings. The van der Waals surface area contributed by atoms with Crippen molar-refractivity contribution in [2.75, 3.05) is 18.6 Å². The Balaban J connectivity index is 1.84. The molecule has 1 fully saturated rings. The highest BCUT2D eigenvalue weighted by Crippen LogP contribution is 2.31. The number of nitro benzene ring substituents is 1. The lowest BCUT2D eigenvalue weighted by molar-refractivity contribution is -0.384. The Morgan fingerprint density at radius 3 is 2.64 bits per heavy atom. The first-order chi connectivity index (χ1) is 11.8. The zero-order chi connectivity index (χ0) is 18.2. The van der Waals surface area contributed by atoms with Crippen molar-refractivity contribution < 1.29 is 22.6 Å². The molecule has 1 aliphatic heterocycles. The van der Waals surface area contributed by atoms with Crippen LogP contribution in [-0.4, -0.2) is 48.7 Å². The molecule has 9 heteroatoms. The number of furan rings is 1. The summed E-state index contributed by atoms with van der Waals surface area (Å²) in [6.07, 6.45) is 0.391. The van der Waals surface area contributed by atoms with Crippen LogP contribution >= 0.6 is 0 Å². The number of nitro groups is 1. The van der Waals surface area contributed by atoms with Gasteiger partial charge in [0.25, 0.3) is 11.6 Å². The fraction of sp³-hybridized carbons (Fsp3) is 0.312. The summed E-state index contributed by atoms with van der Waals surface area (Å²) in [6.45, 7) is 0. The lowest BCUT2D eigenvalue weighted by atomic mass is 10.1. The molecule has 1 aromatic heterocycles. The minimum atomic E-state index is -3.11. The predicted octanol–water partition coefficient (Wildman–Crippen LogP) is 2.11. The Kier molecular flexibility index (Phi) is 4.34. The molecule has 1 saturated heterocycles. The molecule has 1 aliphatic rings. The Hall–Kier alpha value is -2.68. The third kappa shape index (κ3) is 3.41. The fourth-order valence-corrected chi connectivity index (χ4v) is 4.63. The molecular formula is C16H16N2O6S. The minimum absolute atomic E-state index is 0.0138. The van der Waals surface area contributed by atoms with Crippen LogP contribution in [0.1, 0.15) is 17.0 Å². The summed E-state index contributed by atoms with van der Waals surface area (Å²) in [7, 11) is -1.58. The average Bonchev–Trinajstić information content (AvgIpc) is 3.20. The maximum absolute atomic E-state index is 12.5. The van der Waals surface area contributed by atoms with Crippen LogP contribution in [0.25, 0.3) is 11.3 Å². The second kappa shape index (κ2) is 6.32. The monoisotopic (exact) mass is 364 g/mol. The predicted molar refractivity (Wildman–Crippen MR) is 90.0 cm³/mol. The molecule has 1 aromatic carbocycles. The van der Waals surface area contributed by atoms with Crippen molar-refractivity contribution in [2.45, 2.75) is 12.5 Å². The van der Waals surface area contributed by atoms with Gasteiger partial charge >= 0.3 is 0 Å². The van der Waals surface area contributed by atoms with Crippen LogP contribution in [0.2, 0.25) is 0 Å². The number of nitrogens with zero attached hydrogens (tertiary/aromatic N) is 2. The first-order valence-electron chi connectivity index (χ1n) is 7.60. The Morgan fingerprint density at radius 1 is 1.28 bits per heavy atom. The van der Waals surface area contributed by atoms with E-state index in [0.717, 1.165) is 0 Å². The van der Waals surface area contributed by atoms with Gasteiger partial charge in [-0.05, 0) is 24.6 Å². The third-order valence-electron chi connectivity index (χ3n) is 4.26. The van der Waals surface area contributed by atoms with Gasteiger partial charge in [0.1, 0.15) is 5.76 Å². The number of rotatable bonds is 4. The van der Waals surface area contributed by atoms with Gasteiger partial charge in [-0.3, -0.25) is 14.9 Å². The van der Waals surface area contributed by atoms with E-state index in [1.165, 1.54) is 30.1 Å². The van der Waals surface area contributed by atoms with E-state index in [2.05, 4.69) is 0 Å². The number of sulfone groups is 1. The van der Waals surface area contributed by atoms with Crippen LogP contribution in [0.15, 0.2) is 40.8 Å². The van der Waals surface area contributed by atoms with Crippen LogP contribution in [0, 0.1) is 10.1 Å². The lowest BCUT2D eigenvalue weighted by Crippen LogP contribution is -2.37. The fourth-order valence-electron chi connectivity index (χ4n) is 2.86. The Morgan fingerprint density at radius 2 is 2.00 bits per heavy atom. The van der Waals surface area contributed by atoms with Crippen molar-refractivity contribution in [3.63, 3.8) is 0 Å². The summed E-state index contributed by atoms with van der Waals surface area (Å²) in [5.74, 6) is -0.225. The Bertz CT molecular complexity index is 934. The van der Waals surface area contributed by atoms with Crippen molar-refractivity contribution >= 4 is 21.4 Å². The molecule has 1 amide bonds. The van der Waals surface area contributed by atoms with Crippen molar-refractivity contribution in [3.8, 4) is 11.3 Å². The first kappa shape index (κ1) is 17.2. The standard InChI is InChI=1S/C16H16N2O6S/c1-17(11-8-9-25(22,23)10-11)16(19)15-7-6-14(24-15)12-4-2-3-5-13(12)18(20)21/h2-7,11H,8-10H2,1H3/t11-/m0/s1. The van der Waals surface area contributed by atoms with Crippen LogP contribution < -0.4 is 0 Å². The number of benzene rings is 1. The van der Waals surface area contributed by atoms with Crippen LogP contribution in [0.5, 0.6) is 0 Å². The highest BCUT2D eigenvalue weighted by molar-refractivity contribution is 7.91. The van der Waals surface area contributed by atoms with Crippen molar-refractivity contribution in [3.05, 3.63) is 52.3 Å². The molecule has 0 saturated carbocycles. The van der Waals surface area contributed by atoms with E-state index in [4.69, 9.17) is 4.42 Å². The van der Waals surface area contributed by atoms with E-state index in [-0.39, 0.29) is 34.3 Å². The number of carbonyl (C=O) groups is 1. The van der Waals surface area contributed by atoms with Gasteiger partial charge in [-0.1, -0.05) is 12.1 Å². The van der Waals surface area contributed by atoms with Gasteiger partial charge in [0.15, 0.2) is 15.6 Å². The minimum Gasteiger partial charge on any atom is -0.451 e. The van der Waals surface area contributed by atoms with Gasteiger partial charge in [0, 0.05) is 19.2 Å². The maximum atomic E-state index is 12.5. The largest absolute Gasteiger partial charge is 0.451 e. The summed E-state index contributed by atoms with van der Waals surface area (Å²) in [6, 6.07) is 8.63. The molecule has 0 unspecified atom stereocenters. The highest BCUT2D eigenvalue weighted by Gasteiger charge is 2.34. The molecule has 25 heavy (non-hydrogen) atoms. The average molecular weight is 364 g/mol. The summed E-state index contributed by atoms with van der Waals surface area (Å²) >= 11 is 0. The zero-order valence-corrected chi connectivity index (χ0v) is 14.2. The van der Waals surface area contributed by atoms with Gasteiger partial charge in [0.05, 0.1) is 22.0 Å². The van der Waals surface area contributed by atoms with E-state index in [1.54, 1.807) is 18.2 Å². The van der Waals surface area contributed by atoms with Gasteiger partial charge in [-0.15, -0.1) is 0 Å².